The van der Waals surface area contributed by atoms with Gasteiger partial charge in [-0.05, 0) is 25.2 Å². The Morgan fingerprint density at radius 1 is 1.19 bits per heavy atom. The van der Waals surface area contributed by atoms with Crippen molar-refractivity contribution < 1.29 is 9.90 Å². The molecule has 0 radical (unpaired) electrons. The number of carboxylic acid groups (broad SMARTS) is 1. The van der Waals surface area contributed by atoms with E-state index in [0.29, 0.717) is 18.3 Å². The Labute approximate surface area is 99.8 Å². The Hall–Kier alpha value is -0.570. The molecule has 1 N–H and O–H groups in total. The van der Waals surface area contributed by atoms with Gasteiger partial charge < -0.3 is 5.11 Å². The number of rotatable bonds is 7. The van der Waals surface area contributed by atoms with Crippen molar-refractivity contribution in [1.82, 2.24) is 4.90 Å². The molecule has 0 aromatic rings. The first kappa shape index (κ1) is 15.4. The van der Waals surface area contributed by atoms with E-state index in [0.717, 1.165) is 13.1 Å². The maximum atomic E-state index is 11.4. The van der Waals surface area contributed by atoms with E-state index in [9.17, 15) is 9.90 Å². The largest absolute Gasteiger partial charge is 0.480 e. The molecule has 3 nitrogen and oxygen atoms in total. The number of nitrogens with zero attached hydrogens (tertiary/aromatic N) is 1. The average Bonchev–Trinajstić information content (AvgIpc) is 2.13. The molecule has 0 rings (SSSR count). The van der Waals surface area contributed by atoms with E-state index in [1.54, 1.807) is 0 Å². The van der Waals surface area contributed by atoms with Crippen molar-refractivity contribution in [1.29, 1.82) is 0 Å². The highest BCUT2D eigenvalue weighted by Crippen LogP contribution is 2.22. The lowest BCUT2D eigenvalue weighted by Crippen LogP contribution is -2.54. The lowest BCUT2D eigenvalue weighted by atomic mass is 9.94. The van der Waals surface area contributed by atoms with E-state index in [-0.39, 0.29) is 0 Å². The van der Waals surface area contributed by atoms with Gasteiger partial charge in [0.25, 0.3) is 0 Å². The van der Waals surface area contributed by atoms with Crippen LogP contribution in [0.15, 0.2) is 0 Å². The van der Waals surface area contributed by atoms with Crippen molar-refractivity contribution in [2.24, 2.45) is 11.8 Å². The van der Waals surface area contributed by atoms with Crippen LogP contribution in [0.25, 0.3) is 0 Å². The van der Waals surface area contributed by atoms with Crippen LogP contribution in [0.3, 0.4) is 0 Å². The molecule has 1 unspecified atom stereocenters. The normalized spacial score (nSPS) is 15.8. The van der Waals surface area contributed by atoms with Crippen LogP contribution in [-0.2, 0) is 4.79 Å². The van der Waals surface area contributed by atoms with Crippen LogP contribution in [-0.4, -0.2) is 34.6 Å². The smallest absolute Gasteiger partial charge is 0.323 e. The molecule has 0 fully saturated rings. The summed E-state index contributed by atoms with van der Waals surface area (Å²) in [6.45, 7) is 14.0. The first-order valence-corrected chi connectivity index (χ1v) is 6.22. The second kappa shape index (κ2) is 6.24. The molecule has 0 aromatic carbocycles. The van der Waals surface area contributed by atoms with Crippen LogP contribution in [0.5, 0.6) is 0 Å². The summed E-state index contributed by atoms with van der Waals surface area (Å²) in [7, 11) is 0. The predicted molar refractivity (Wildman–Crippen MR) is 67.6 cm³/mol. The first-order valence-electron chi connectivity index (χ1n) is 6.22. The number of carboxylic acids is 1. The lowest BCUT2D eigenvalue weighted by Gasteiger charge is -2.39. The van der Waals surface area contributed by atoms with E-state index in [2.05, 4.69) is 32.6 Å². The van der Waals surface area contributed by atoms with Crippen LogP contribution in [0.4, 0.5) is 0 Å². The van der Waals surface area contributed by atoms with Gasteiger partial charge in [0.1, 0.15) is 5.54 Å². The fraction of sp³-hybridized carbons (Fsp3) is 0.923. The topological polar surface area (TPSA) is 40.5 Å². The van der Waals surface area contributed by atoms with Gasteiger partial charge in [0.05, 0.1) is 0 Å². The summed E-state index contributed by atoms with van der Waals surface area (Å²) in [6, 6.07) is 0. The van der Waals surface area contributed by atoms with E-state index in [4.69, 9.17) is 0 Å². The van der Waals surface area contributed by atoms with E-state index < -0.39 is 11.5 Å². The molecular weight excluding hydrogens is 202 g/mol. The zero-order chi connectivity index (χ0) is 12.9. The Kier molecular flexibility index (Phi) is 6.01. The fourth-order valence-corrected chi connectivity index (χ4v) is 1.87. The van der Waals surface area contributed by atoms with E-state index in [1.165, 1.54) is 0 Å². The molecule has 0 aliphatic heterocycles. The number of hydrogen-bond donors (Lipinski definition) is 1. The maximum absolute atomic E-state index is 11.4. The molecule has 0 amide bonds. The minimum Gasteiger partial charge on any atom is -0.480 e. The van der Waals surface area contributed by atoms with Gasteiger partial charge >= 0.3 is 5.97 Å². The third-order valence-corrected chi connectivity index (χ3v) is 3.02. The third kappa shape index (κ3) is 4.12. The second-order valence-electron chi connectivity index (χ2n) is 5.63. The van der Waals surface area contributed by atoms with Gasteiger partial charge in [-0.15, -0.1) is 0 Å². The summed E-state index contributed by atoms with van der Waals surface area (Å²) in [6.07, 6.45) is 0.641. The zero-order valence-corrected chi connectivity index (χ0v) is 11.6. The molecule has 0 bridgehead atoms. The highest BCUT2D eigenvalue weighted by molar-refractivity contribution is 5.78. The minimum atomic E-state index is -0.728. The SMILES string of the molecule is CCC(C)(C(=O)O)N(CC(C)C)CC(C)C. The summed E-state index contributed by atoms with van der Waals surface area (Å²) < 4.78 is 0. The Balaban J connectivity index is 4.89. The molecule has 0 aliphatic rings. The first-order chi connectivity index (χ1) is 7.24. The standard InChI is InChI=1S/C13H27NO2/c1-7-13(6,12(15)16)14(8-10(2)3)9-11(4)5/h10-11H,7-9H2,1-6H3,(H,15,16). The molecule has 3 heteroatoms. The Bertz CT molecular complexity index is 216. The average molecular weight is 229 g/mol. The number of carbonyl (C=O) groups is 1. The lowest BCUT2D eigenvalue weighted by molar-refractivity contribution is -0.151. The van der Waals surface area contributed by atoms with Crippen molar-refractivity contribution >= 4 is 5.97 Å². The Morgan fingerprint density at radius 3 is 1.75 bits per heavy atom. The monoisotopic (exact) mass is 229 g/mol. The predicted octanol–water partition coefficient (Wildman–Crippen LogP) is 2.85. The number of hydrogen-bond acceptors (Lipinski definition) is 2. The molecule has 0 aromatic heterocycles. The molecule has 0 saturated heterocycles. The third-order valence-electron chi connectivity index (χ3n) is 3.02. The van der Waals surface area contributed by atoms with Crippen molar-refractivity contribution in [2.45, 2.75) is 53.5 Å². The molecule has 1 atom stereocenters. The van der Waals surface area contributed by atoms with Gasteiger partial charge in [-0.3, -0.25) is 9.69 Å². The quantitative estimate of drug-likeness (QED) is 0.729. The summed E-state index contributed by atoms with van der Waals surface area (Å²) >= 11 is 0. The van der Waals surface area contributed by atoms with Crippen LogP contribution < -0.4 is 0 Å². The van der Waals surface area contributed by atoms with Gasteiger partial charge in [0, 0.05) is 13.1 Å². The van der Waals surface area contributed by atoms with Crippen molar-refractivity contribution in [3.05, 3.63) is 0 Å². The molecule has 16 heavy (non-hydrogen) atoms. The molecule has 0 heterocycles. The summed E-state index contributed by atoms with van der Waals surface area (Å²) in [5, 5.41) is 9.39. The van der Waals surface area contributed by atoms with Gasteiger partial charge in [0.15, 0.2) is 0 Å². The Morgan fingerprint density at radius 2 is 1.56 bits per heavy atom. The fourth-order valence-electron chi connectivity index (χ4n) is 1.87. The highest BCUT2D eigenvalue weighted by atomic mass is 16.4. The minimum absolute atomic E-state index is 0.490. The van der Waals surface area contributed by atoms with Crippen LogP contribution >= 0.6 is 0 Å². The van der Waals surface area contributed by atoms with Gasteiger partial charge in [-0.2, -0.15) is 0 Å². The molecule has 0 saturated carbocycles. The summed E-state index contributed by atoms with van der Waals surface area (Å²) in [4.78, 5) is 13.5. The maximum Gasteiger partial charge on any atom is 0.323 e. The molecule has 0 aliphatic carbocycles. The van der Waals surface area contributed by atoms with Gasteiger partial charge in [-0.25, -0.2) is 0 Å². The van der Waals surface area contributed by atoms with E-state index >= 15 is 0 Å². The van der Waals surface area contributed by atoms with Crippen molar-refractivity contribution in [3.63, 3.8) is 0 Å². The van der Waals surface area contributed by atoms with Crippen molar-refractivity contribution in [3.8, 4) is 0 Å². The van der Waals surface area contributed by atoms with Crippen LogP contribution in [0.2, 0.25) is 0 Å². The molecule has 0 spiro atoms. The van der Waals surface area contributed by atoms with Crippen LogP contribution in [0, 0.1) is 11.8 Å². The summed E-state index contributed by atoms with van der Waals surface area (Å²) in [5.41, 5.74) is -0.728. The molecular formula is C13H27NO2. The summed E-state index contributed by atoms with van der Waals surface area (Å²) in [5.74, 6) is 0.268. The highest BCUT2D eigenvalue weighted by Gasteiger charge is 2.38. The zero-order valence-electron chi connectivity index (χ0n) is 11.6. The van der Waals surface area contributed by atoms with Crippen molar-refractivity contribution in [2.75, 3.05) is 13.1 Å². The molecule has 96 valence electrons. The number of aliphatic carboxylic acids is 1. The second-order valence-corrected chi connectivity index (χ2v) is 5.63. The van der Waals surface area contributed by atoms with Gasteiger partial charge in [-0.1, -0.05) is 34.6 Å². The van der Waals surface area contributed by atoms with Crippen LogP contribution in [0.1, 0.15) is 48.0 Å². The van der Waals surface area contributed by atoms with Gasteiger partial charge in [0.2, 0.25) is 0 Å². The van der Waals surface area contributed by atoms with E-state index in [1.807, 2.05) is 13.8 Å².